The van der Waals surface area contributed by atoms with Crippen LogP contribution in [0.1, 0.15) is 13.0 Å². The van der Waals surface area contributed by atoms with Crippen molar-refractivity contribution in [2.45, 2.75) is 36.8 Å². The van der Waals surface area contributed by atoms with Crippen LogP contribution in [0.3, 0.4) is 0 Å². The molecule has 8 heteroatoms. The molecule has 22 heavy (non-hydrogen) atoms. The van der Waals surface area contributed by atoms with Gasteiger partial charge in [0.15, 0.2) is 6.29 Å². The summed E-state index contributed by atoms with van der Waals surface area (Å²) in [5, 5.41) is 38.6. The zero-order valence-electron chi connectivity index (χ0n) is 12.3. The van der Waals surface area contributed by atoms with Gasteiger partial charge in [-0.1, -0.05) is 29.8 Å². The highest BCUT2D eigenvalue weighted by molar-refractivity contribution is 6.67. The number of aliphatic imine (C=N–C) groups is 1. The van der Waals surface area contributed by atoms with Crippen LogP contribution in [0.2, 0.25) is 0 Å². The minimum atomic E-state index is -1.91. The van der Waals surface area contributed by atoms with E-state index < -0.39 is 43.4 Å². The Bertz CT molecular complexity index is 629. The SMILES string of the molecule is [2H]C1(OC2O[C@H](CO)[C@H](O)[C@H](O)[C@H]2O)C(Cl)=Nc2ccccc21. The third kappa shape index (κ3) is 2.65. The molecule has 0 bridgehead atoms. The summed E-state index contributed by atoms with van der Waals surface area (Å²) in [6.07, 6.45) is -9.23. The molecule has 1 aromatic carbocycles. The van der Waals surface area contributed by atoms with Crippen molar-refractivity contribution < 1.29 is 31.3 Å². The molecule has 0 aromatic heterocycles. The Kier molecular flexibility index (Phi) is 4.10. The van der Waals surface area contributed by atoms with Crippen LogP contribution >= 0.6 is 11.6 Å². The number of aliphatic hydroxyl groups is 4. The van der Waals surface area contributed by atoms with Crippen LogP contribution in [0.4, 0.5) is 5.69 Å². The molecule has 0 saturated carbocycles. The van der Waals surface area contributed by atoms with Crippen molar-refractivity contribution in [2.24, 2.45) is 4.99 Å². The van der Waals surface area contributed by atoms with Crippen LogP contribution in [0.5, 0.6) is 0 Å². The molecule has 0 radical (unpaired) electrons. The van der Waals surface area contributed by atoms with E-state index in [-0.39, 0.29) is 5.17 Å². The van der Waals surface area contributed by atoms with E-state index in [0.29, 0.717) is 11.3 Å². The number of rotatable bonds is 3. The number of hydrogen-bond acceptors (Lipinski definition) is 7. The molecule has 1 aromatic rings. The van der Waals surface area contributed by atoms with Crippen LogP contribution in [0, 0.1) is 0 Å². The number of nitrogens with zero attached hydrogens (tertiary/aromatic N) is 1. The largest absolute Gasteiger partial charge is 0.394 e. The maximum atomic E-state index is 10.0. The van der Waals surface area contributed by atoms with E-state index in [1.807, 2.05) is 0 Å². The average Bonchev–Trinajstić information content (AvgIpc) is 2.79. The molecule has 1 saturated heterocycles. The minimum absolute atomic E-state index is 0.171. The lowest BCUT2D eigenvalue weighted by Crippen LogP contribution is -2.59. The molecule has 7 nitrogen and oxygen atoms in total. The van der Waals surface area contributed by atoms with E-state index in [9.17, 15) is 20.4 Å². The van der Waals surface area contributed by atoms with Gasteiger partial charge in [0.2, 0.25) is 0 Å². The van der Waals surface area contributed by atoms with Crippen molar-refractivity contribution in [3.05, 3.63) is 29.8 Å². The van der Waals surface area contributed by atoms with Gasteiger partial charge in [0.25, 0.3) is 0 Å². The highest BCUT2D eigenvalue weighted by Crippen LogP contribution is 2.39. The number of fused-ring (bicyclic) bond motifs is 1. The summed E-state index contributed by atoms with van der Waals surface area (Å²) in [4.78, 5) is 4.04. The first kappa shape index (κ1) is 14.5. The first-order valence-electron chi connectivity index (χ1n) is 7.21. The number of hydrogen-bond donors (Lipinski definition) is 4. The van der Waals surface area contributed by atoms with Crippen molar-refractivity contribution in [3.63, 3.8) is 0 Å². The van der Waals surface area contributed by atoms with Gasteiger partial charge >= 0.3 is 0 Å². The second kappa shape index (κ2) is 6.21. The Hall–Kier alpha value is -1.06. The number of benzene rings is 1. The Morgan fingerprint density at radius 2 is 1.95 bits per heavy atom. The summed E-state index contributed by atoms with van der Waals surface area (Å²) >= 11 is 6.03. The Morgan fingerprint density at radius 1 is 1.23 bits per heavy atom. The summed E-state index contributed by atoms with van der Waals surface area (Å²) in [6, 6.07) is 6.67. The normalized spacial score (nSPS) is 41.8. The highest BCUT2D eigenvalue weighted by atomic mass is 35.5. The second-order valence-electron chi connectivity index (χ2n) is 5.06. The quantitative estimate of drug-likeness (QED) is 0.612. The molecule has 2 heterocycles. The molecule has 1 fully saturated rings. The number of aliphatic hydroxyl groups excluding tert-OH is 4. The van der Waals surface area contributed by atoms with E-state index in [4.69, 9.17) is 22.4 Å². The van der Waals surface area contributed by atoms with E-state index in [1.165, 1.54) is 0 Å². The maximum absolute atomic E-state index is 10.0. The lowest BCUT2D eigenvalue weighted by atomic mass is 9.99. The number of halogens is 1. The Balaban J connectivity index is 1.88. The highest BCUT2D eigenvalue weighted by Gasteiger charge is 2.45. The molecule has 0 amide bonds. The zero-order valence-corrected chi connectivity index (χ0v) is 12.1. The van der Waals surface area contributed by atoms with Gasteiger partial charge in [-0.3, -0.25) is 0 Å². The van der Waals surface area contributed by atoms with Crippen molar-refractivity contribution in [1.29, 1.82) is 0 Å². The van der Waals surface area contributed by atoms with Crippen molar-refractivity contribution in [3.8, 4) is 0 Å². The van der Waals surface area contributed by atoms with Crippen molar-refractivity contribution in [2.75, 3.05) is 6.61 Å². The summed E-state index contributed by atoms with van der Waals surface area (Å²) in [5.74, 6) is 0. The fourth-order valence-electron chi connectivity index (χ4n) is 2.42. The van der Waals surface area contributed by atoms with Gasteiger partial charge in [-0.15, -0.1) is 0 Å². The summed E-state index contributed by atoms with van der Waals surface area (Å²) in [5.41, 5.74) is 0.819. The average molecular weight is 331 g/mol. The summed E-state index contributed by atoms with van der Waals surface area (Å²) in [7, 11) is 0. The first-order chi connectivity index (χ1) is 10.9. The molecule has 4 N–H and O–H groups in total. The van der Waals surface area contributed by atoms with Crippen LogP contribution in [0.15, 0.2) is 29.3 Å². The second-order valence-corrected chi connectivity index (χ2v) is 5.42. The van der Waals surface area contributed by atoms with Gasteiger partial charge in [0.1, 0.15) is 35.7 Å². The van der Waals surface area contributed by atoms with Crippen LogP contribution in [-0.4, -0.2) is 62.9 Å². The minimum Gasteiger partial charge on any atom is -0.394 e. The van der Waals surface area contributed by atoms with Crippen molar-refractivity contribution in [1.82, 2.24) is 0 Å². The molecule has 6 atom stereocenters. The lowest BCUT2D eigenvalue weighted by Gasteiger charge is -2.40. The fourth-order valence-corrected chi connectivity index (χ4v) is 2.66. The van der Waals surface area contributed by atoms with E-state index in [0.717, 1.165) is 0 Å². The van der Waals surface area contributed by atoms with E-state index in [2.05, 4.69) is 4.99 Å². The molecular formula is C14H16ClNO6. The third-order valence-corrected chi connectivity index (χ3v) is 3.89. The van der Waals surface area contributed by atoms with Gasteiger partial charge in [0, 0.05) is 5.56 Å². The van der Waals surface area contributed by atoms with Gasteiger partial charge in [-0.05, 0) is 6.07 Å². The summed E-state index contributed by atoms with van der Waals surface area (Å²) < 4.78 is 19.2. The lowest BCUT2D eigenvalue weighted by molar-refractivity contribution is -0.306. The monoisotopic (exact) mass is 330 g/mol. The summed E-state index contributed by atoms with van der Waals surface area (Å²) in [6.45, 7) is -0.589. The van der Waals surface area contributed by atoms with E-state index in [1.54, 1.807) is 24.3 Å². The molecule has 2 aliphatic heterocycles. The number of para-hydroxylation sites is 1. The molecule has 3 rings (SSSR count). The topological polar surface area (TPSA) is 112 Å². The third-order valence-electron chi connectivity index (χ3n) is 3.64. The standard InChI is InChI=1S/C14H16ClNO6/c15-13-12(6-3-1-2-4-7(6)16-13)22-14-11(20)10(19)9(18)8(5-17)21-14/h1-4,8-12,14,17-20H,5H2/t8-,9+,10+,11-,12?,14?/m1/s1/i12D. The molecule has 120 valence electrons. The molecule has 2 unspecified atom stereocenters. The predicted molar refractivity (Wildman–Crippen MR) is 77.0 cm³/mol. The number of ether oxygens (including phenoxy) is 2. The zero-order chi connectivity index (χ0) is 16.8. The van der Waals surface area contributed by atoms with Gasteiger partial charge in [0.05, 0.1) is 13.7 Å². The maximum Gasteiger partial charge on any atom is 0.187 e. The van der Waals surface area contributed by atoms with Crippen LogP contribution in [0.25, 0.3) is 0 Å². The Morgan fingerprint density at radius 3 is 2.68 bits per heavy atom. The van der Waals surface area contributed by atoms with Crippen LogP contribution in [-0.2, 0) is 9.47 Å². The van der Waals surface area contributed by atoms with Gasteiger partial charge in [-0.2, -0.15) is 0 Å². The molecule has 0 spiro atoms. The fraction of sp³-hybridized carbons (Fsp3) is 0.500. The molecule has 2 aliphatic rings. The predicted octanol–water partition coefficient (Wildman–Crippen LogP) is -0.173. The van der Waals surface area contributed by atoms with Gasteiger partial charge in [-0.25, -0.2) is 4.99 Å². The molecule has 0 aliphatic carbocycles. The van der Waals surface area contributed by atoms with E-state index >= 15 is 0 Å². The van der Waals surface area contributed by atoms with Gasteiger partial charge < -0.3 is 29.9 Å². The molecular weight excluding hydrogens is 314 g/mol. The Labute approximate surface area is 132 Å². The van der Waals surface area contributed by atoms with Crippen LogP contribution < -0.4 is 0 Å². The first-order valence-corrected chi connectivity index (χ1v) is 7.09. The smallest absolute Gasteiger partial charge is 0.187 e. The van der Waals surface area contributed by atoms with Crippen molar-refractivity contribution >= 4 is 22.5 Å².